The maximum absolute atomic E-state index is 12.7. The average Bonchev–Trinajstić information content (AvgIpc) is 3.10. The summed E-state index contributed by atoms with van der Waals surface area (Å²) in [6.45, 7) is 2.23. The molecule has 0 bridgehead atoms. The number of carboxylic acid groups (broad SMARTS) is 1. The molecule has 1 saturated carbocycles. The molecule has 2 amide bonds. The van der Waals surface area contributed by atoms with Gasteiger partial charge in [0, 0.05) is 31.5 Å². The highest BCUT2D eigenvalue weighted by Crippen LogP contribution is 2.44. The van der Waals surface area contributed by atoms with Gasteiger partial charge in [-0.15, -0.1) is 0 Å². The lowest BCUT2D eigenvalue weighted by Gasteiger charge is -2.39. The maximum atomic E-state index is 12.7. The lowest BCUT2D eigenvalue weighted by atomic mass is 9.79. The molecule has 0 aromatic heterocycles. The number of hydrogen-bond donors (Lipinski definition) is 2. The Morgan fingerprint density at radius 3 is 2.21 bits per heavy atom. The summed E-state index contributed by atoms with van der Waals surface area (Å²) < 4.78 is 5.64. The molecule has 0 spiro atoms. The number of ether oxygens (including phenoxy) is 1. The summed E-state index contributed by atoms with van der Waals surface area (Å²) in [5.41, 5.74) is 4.65. The fourth-order valence-corrected chi connectivity index (χ4v) is 5.04. The number of nitrogens with one attached hydrogen (secondary N) is 1. The summed E-state index contributed by atoms with van der Waals surface area (Å²) in [6, 6.07) is 16.0. The Kier molecular flexibility index (Phi) is 7.20. The Bertz CT molecular complexity index is 1020. The van der Waals surface area contributed by atoms with Crippen LogP contribution in [-0.2, 0) is 14.3 Å². The van der Waals surface area contributed by atoms with E-state index >= 15 is 0 Å². The van der Waals surface area contributed by atoms with E-state index in [1.54, 1.807) is 11.9 Å². The number of alkyl carbamates (subject to hydrolysis) is 1. The number of aliphatic carboxylic acids is 1. The van der Waals surface area contributed by atoms with Crippen molar-refractivity contribution in [1.29, 1.82) is 0 Å². The molecular weight excluding hydrogens is 432 g/mol. The molecular formula is C27H32N2O5. The third kappa shape index (κ3) is 4.93. The minimum absolute atomic E-state index is 0.0173. The first kappa shape index (κ1) is 23.8. The SMILES string of the molecule is CCC[C@H](CC(=O)N(C)C1CC(C(=O)O)C1)NC(=O)OCC1c2ccccc2-c2ccccc21. The molecule has 4 rings (SSSR count). The topological polar surface area (TPSA) is 95.9 Å². The zero-order valence-electron chi connectivity index (χ0n) is 19.7. The van der Waals surface area contributed by atoms with Crippen LogP contribution in [-0.4, -0.2) is 53.7 Å². The largest absolute Gasteiger partial charge is 0.481 e. The van der Waals surface area contributed by atoms with Crippen LogP contribution in [0.2, 0.25) is 0 Å². The molecule has 2 aliphatic carbocycles. The van der Waals surface area contributed by atoms with Gasteiger partial charge in [-0.25, -0.2) is 4.79 Å². The zero-order chi connectivity index (χ0) is 24.2. The third-order valence-electron chi connectivity index (χ3n) is 7.13. The van der Waals surface area contributed by atoms with Crippen molar-refractivity contribution in [3.63, 3.8) is 0 Å². The van der Waals surface area contributed by atoms with Gasteiger partial charge in [0.15, 0.2) is 0 Å². The van der Waals surface area contributed by atoms with E-state index in [0.717, 1.165) is 17.5 Å². The first-order chi connectivity index (χ1) is 16.4. The van der Waals surface area contributed by atoms with E-state index in [4.69, 9.17) is 9.84 Å². The lowest BCUT2D eigenvalue weighted by Crippen LogP contribution is -2.49. The summed E-state index contributed by atoms with van der Waals surface area (Å²) in [4.78, 5) is 38.1. The van der Waals surface area contributed by atoms with E-state index in [-0.39, 0.29) is 42.9 Å². The van der Waals surface area contributed by atoms with Gasteiger partial charge in [0.2, 0.25) is 5.91 Å². The van der Waals surface area contributed by atoms with E-state index in [1.165, 1.54) is 11.1 Å². The van der Waals surface area contributed by atoms with Gasteiger partial charge in [-0.1, -0.05) is 61.9 Å². The van der Waals surface area contributed by atoms with Gasteiger partial charge >= 0.3 is 12.1 Å². The second-order valence-electron chi connectivity index (χ2n) is 9.32. The highest BCUT2D eigenvalue weighted by atomic mass is 16.5. The van der Waals surface area contributed by atoms with Gasteiger partial charge in [-0.05, 0) is 41.5 Å². The molecule has 7 nitrogen and oxygen atoms in total. The first-order valence-corrected chi connectivity index (χ1v) is 12.0. The zero-order valence-corrected chi connectivity index (χ0v) is 19.7. The van der Waals surface area contributed by atoms with Crippen molar-refractivity contribution in [3.05, 3.63) is 59.7 Å². The normalized spacial score (nSPS) is 19.4. The molecule has 2 aromatic rings. The fourth-order valence-electron chi connectivity index (χ4n) is 5.04. The highest BCUT2D eigenvalue weighted by Gasteiger charge is 2.38. The molecule has 0 radical (unpaired) electrons. The van der Waals surface area contributed by atoms with Crippen LogP contribution in [0.1, 0.15) is 56.1 Å². The molecule has 0 aliphatic heterocycles. The van der Waals surface area contributed by atoms with E-state index in [0.29, 0.717) is 19.3 Å². The molecule has 1 atom stereocenters. The van der Waals surface area contributed by atoms with Crippen molar-refractivity contribution in [2.45, 2.75) is 57.0 Å². The summed E-state index contributed by atoms with van der Waals surface area (Å²) in [5.74, 6) is -1.29. The maximum Gasteiger partial charge on any atom is 0.407 e. The van der Waals surface area contributed by atoms with Crippen molar-refractivity contribution in [2.24, 2.45) is 5.92 Å². The monoisotopic (exact) mass is 464 g/mol. The van der Waals surface area contributed by atoms with Gasteiger partial charge in [0.25, 0.3) is 0 Å². The van der Waals surface area contributed by atoms with Crippen molar-refractivity contribution < 1.29 is 24.2 Å². The number of nitrogens with zero attached hydrogens (tertiary/aromatic N) is 1. The number of benzene rings is 2. The number of rotatable bonds is 9. The number of carbonyl (C=O) groups excluding carboxylic acids is 2. The van der Waals surface area contributed by atoms with Crippen molar-refractivity contribution >= 4 is 18.0 Å². The predicted molar refractivity (Wildman–Crippen MR) is 128 cm³/mol. The molecule has 0 saturated heterocycles. The Morgan fingerprint density at radius 1 is 1.06 bits per heavy atom. The number of hydrogen-bond acceptors (Lipinski definition) is 4. The van der Waals surface area contributed by atoms with Gasteiger partial charge in [-0.3, -0.25) is 9.59 Å². The van der Waals surface area contributed by atoms with Crippen molar-refractivity contribution in [3.8, 4) is 11.1 Å². The molecule has 2 N–H and O–H groups in total. The quantitative estimate of drug-likeness (QED) is 0.573. The van der Waals surface area contributed by atoms with Crippen LogP contribution in [0.3, 0.4) is 0 Å². The molecule has 180 valence electrons. The number of amides is 2. The molecule has 7 heteroatoms. The van der Waals surface area contributed by atoms with Gasteiger partial charge in [-0.2, -0.15) is 0 Å². The second kappa shape index (κ2) is 10.3. The molecule has 1 fully saturated rings. The van der Waals surface area contributed by atoms with Gasteiger partial charge in [0.1, 0.15) is 6.61 Å². The fraction of sp³-hybridized carbons (Fsp3) is 0.444. The third-order valence-corrected chi connectivity index (χ3v) is 7.13. The lowest BCUT2D eigenvalue weighted by molar-refractivity contribution is -0.150. The van der Waals surface area contributed by atoms with Crippen LogP contribution in [0.25, 0.3) is 11.1 Å². The van der Waals surface area contributed by atoms with Gasteiger partial charge in [0.05, 0.1) is 5.92 Å². The van der Waals surface area contributed by atoms with Crippen molar-refractivity contribution in [2.75, 3.05) is 13.7 Å². The smallest absolute Gasteiger partial charge is 0.407 e. The Hall–Kier alpha value is -3.35. The van der Waals surface area contributed by atoms with E-state index in [9.17, 15) is 14.4 Å². The minimum Gasteiger partial charge on any atom is -0.481 e. The summed E-state index contributed by atoms with van der Waals surface area (Å²) in [6.07, 6.45) is 2.08. The molecule has 34 heavy (non-hydrogen) atoms. The van der Waals surface area contributed by atoms with E-state index in [2.05, 4.69) is 29.6 Å². The highest BCUT2D eigenvalue weighted by molar-refractivity contribution is 5.80. The Balaban J connectivity index is 1.32. The summed E-state index contributed by atoms with van der Waals surface area (Å²) >= 11 is 0. The number of carbonyl (C=O) groups is 3. The second-order valence-corrected chi connectivity index (χ2v) is 9.32. The first-order valence-electron chi connectivity index (χ1n) is 12.0. The van der Waals surface area contributed by atoms with Crippen LogP contribution in [0.5, 0.6) is 0 Å². The minimum atomic E-state index is -0.808. The Morgan fingerprint density at radius 2 is 1.65 bits per heavy atom. The number of carboxylic acids is 1. The standard InChI is InChI=1S/C27H32N2O5/c1-3-8-18(15-25(30)29(2)19-13-17(14-19)26(31)32)28-27(33)34-16-24-22-11-6-4-9-20(22)21-10-5-7-12-23(21)24/h4-7,9-12,17-19,24H,3,8,13-16H2,1-2H3,(H,28,33)(H,31,32)/t17?,18-,19?/m1/s1. The molecule has 2 aliphatic rings. The van der Waals surface area contributed by atoms with E-state index < -0.39 is 12.1 Å². The van der Waals surface area contributed by atoms with Crippen LogP contribution in [0.15, 0.2) is 48.5 Å². The van der Waals surface area contributed by atoms with Crippen LogP contribution >= 0.6 is 0 Å². The van der Waals surface area contributed by atoms with Gasteiger partial charge < -0.3 is 20.1 Å². The summed E-state index contributed by atoms with van der Waals surface area (Å²) in [5, 5.41) is 11.9. The van der Waals surface area contributed by atoms with E-state index in [1.807, 2.05) is 31.2 Å². The van der Waals surface area contributed by atoms with Crippen LogP contribution in [0, 0.1) is 5.92 Å². The van der Waals surface area contributed by atoms with Crippen LogP contribution < -0.4 is 5.32 Å². The average molecular weight is 465 g/mol. The predicted octanol–water partition coefficient (Wildman–Crippen LogP) is 4.41. The Labute approximate surface area is 200 Å². The van der Waals surface area contributed by atoms with Crippen LogP contribution in [0.4, 0.5) is 4.79 Å². The molecule has 0 heterocycles. The van der Waals surface area contributed by atoms with Crippen molar-refractivity contribution in [1.82, 2.24) is 10.2 Å². The molecule has 2 aromatic carbocycles. The number of fused-ring (bicyclic) bond motifs is 3. The molecule has 0 unspecified atom stereocenters. The summed E-state index contributed by atoms with van der Waals surface area (Å²) in [7, 11) is 1.71.